The highest BCUT2D eigenvalue weighted by Gasteiger charge is 2.25. The lowest BCUT2D eigenvalue weighted by molar-refractivity contribution is -0.130. The van der Waals surface area contributed by atoms with Crippen molar-refractivity contribution in [2.45, 2.75) is 19.3 Å². The first-order chi connectivity index (χ1) is 12.5. The molecule has 0 spiro atoms. The Kier molecular flexibility index (Phi) is 7.79. The zero-order valence-electron chi connectivity index (χ0n) is 13.8. The van der Waals surface area contributed by atoms with Gasteiger partial charge in [-0.2, -0.15) is 0 Å². The molecule has 1 aromatic rings. The third-order valence-corrected chi connectivity index (χ3v) is 4.83. The predicted molar refractivity (Wildman–Crippen MR) is 98.8 cm³/mol. The Morgan fingerprint density at radius 3 is 2.54 bits per heavy atom. The third-order valence-electron chi connectivity index (χ3n) is 3.40. The maximum atomic E-state index is 12.7. The van der Waals surface area contributed by atoms with Gasteiger partial charge in [0.2, 0.25) is 11.8 Å². The minimum Gasteiger partial charge on any atom is -0.484 e. The van der Waals surface area contributed by atoms with Gasteiger partial charge in [0, 0.05) is 13.0 Å². The molecule has 1 aliphatic heterocycles. The molecule has 10 heteroatoms. The molecule has 0 atom stereocenters. The molecule has 0 aromatic heterocycles. The molecular formula is C16H18FN3O4S2. The van der Waals surface area contributed by atoms with E-state index in [1.807, 2.05) is 0 Å². The van der Waals surface area contributed by atoms with E-state index in [0.717, 1.165) is 0 Å². The molecule has 26 heavy (non-hydrogen) atoms. The number of carbonyl (C=O) groups excluding carboxylic acids is 3. The summed E-state index contributed by atoms with van der Waals surface area (Å²) < 4.78 is 18.5. The Morgan fingerprint density at radius 2 is 1.88 bits per heavy atom. The van der Waals surface area contributed by atoms with Crippen molar-refractivity contribution in [2.75, 3.05) is 18.9 Å². The molecule has 1 saturated heterocycles. The lowest BCUT2D eigenvalue weighted by Crippen LogP contribution is -2.43. The highest BCUT2D eigenvalue weighted by atomic mass is 32.2. The molecule has 1 aromatic carbocycles. The second-order valence-electron chi connectivity index (χ2n) is 5.40. The number of carbonyl (C=O) groups is 3. The highest BCUT2D eigenvalue weighted by Crippen LogP contribution is 2.19. The van der Waals surface area contributed by atoms with Crippen LogP contribution in [0.2, 0.25) is 0 Å². The largest absolute Gasteiger partial charge is 0.484 e. The number of benzene rings is 1. The number of hydrogen-bond acceptors (Lipinski definition) is 6. The molecule has 1 aliphatic rings. The zero-order chi connectivity index (χ0) is 18.9. The van der Waals surface area contributed by atoms with Gasteiger partial charge in [-0.05, 0) is 37.1 Å². The summed E-state index contributed by atoms with van der Waals surface area (Å²) in [7, 11) is 0. The number of nitrogens with one attached hydrogen (secondary N) is 2. The number of thiocarbonyl (C=S) groups is 1. The highest BCUT2D eigenvalue weighted by molar-refractivity contribution is 8.23. The van der Waals surface area contributed by atoms with Crippen LogP contribution in [-0.2, 0) is 14.4 Å². The number of hydrogen-bond donors (Lipinski definition) is 2. The van der Waals surface area contributed by atoms with E-state index in [4.69, 9.17) is 17.0 Å². The number of ether oxygens (including phenoxy) is 1. The van der Waals surface area contributed by atoms with E-state index in [-0.39, 0.29) is 24.8 Å². The Morgan fingerprint density at radius 1 is 1.19 bits per heavy atom. The Balaban J connectivity index is 1.55. The number of hydrazine groups is 1. The standard InChI is InChI=1S/C16H18FN3O4S2/c17-11-4-6-12(7-5-11)24-9-14(22)19-18-13(21)3-1-2-8-20-15(23)10-26-16(20)25/h4-7H,1-3,8-10H2,(H,18,21)(H,19,22). The monoisotopic (exact) mass is 399 g/mol. The zero-order valence-corrected chi connectivity index (χ0v) is 15.5. The molecule has 0 unspecified atom stereocenters. The Hall–Kier alpha value is -2.20. The Labute approximate surface area is 159 Å². The van der Waals surface area contributed by atoms with Gasteiger partial charge in [-0.25, -0.2) is 4.39 Å². The van der Waals surface area contributed by atoms with Crippen molar-refractivity contribution in [2.24, 2.45) is 0 Å². The van der Waals surface area contributed by atoms with Gasteiger partial charge < -0.3 is 4.74 Å². The van der Waals surface area contributed by atoms with Crippen molar-refractivity contribution >= 4 is 46.0 Å². The quantitative estimate of drug-likeness (QED) is 0.390. The van der Waals surface area contributed by atoms with Crippen molar-refractivity contribution in [1.82, 2.24) is 15.8 Å². The van der Waals surface area contributed by atoms with Gasteiger partial charge >= 0.3 is 0 Å². The number of unbranched alkanes of at least 4 members (excludes halogenated alkanes) is 1. The lowest BCUT2D eigenvalue weighted by atomic mass is 10.2. The van der Waals surface area contributed by atoms with Gasteiger partial charge in [-0.15, -0.1) is 0 Å². The summed E-state index contributed by atoms with van der Waals surface area (Å²) in [6, 6.07) is 5.24. The van der Waals surface area contributed by atoms with Crippen LogP contribution >= 0.6 is 24.0 Å². The van der Waals surface area contributed by atoms with Gasteiger partial charge in [-0.1, -0.05) is 24.0 Å². The summed E-state index contributed by atoms with van der Waals surface area (Å²) in [6.45, 7) is 0.188. The SMILES string of the molecule is O=C(CCCCN1C(=O)CSC1=S)NNC(=O)COc1ccc(F)cc1. The predicted octanol–water partition coefficient (Wildman–Crippen LogP) is 1.38. The molecule has 2 rings (SSSR count). The first kappa shape index (κ1) is 20.1. The summed E-state index contributed by atoms with van der Waals surface area (Å²) in [4.78, 5) is 36.3. The smallest absolute Gasteiger partial charge is 0.276 e. The summed E-state index contributed by atoms with van der Waals surface area (Å²) in [5, 5.41) is 0. The fraction of sp³-hybridized carbons (Fsp3) is 0.375. The number of nitrogens with zero attached hydrogens (tertiary/aromatic N) is 1. The first-order valence-electron chi connectivity index (χ1n) is 7.89. The second kappa shape index (κ2) is 10.1. The van der Waals surface area contributed by atoms with E-state index >= 15 is 0 Å². The fourth-order valence-electron chi connectivity index (χ4n) is 2.07. The van der Waals surface area contributed by atoms with Crippen LogP contribution in [0.25, 0.3) is 0 Å². The van der Waals surface area contributed by atoms with Gasteiger partial charge in [0.15, 0.2) is 6.61 Å². The van der Waals surface area contributed by atoms with Gasteiger partial charge in [0.1, 0.15) is 15.9 Å². The molecule has 7 nitrogen and oxygen atoms in total. The topological polar surface area (TPSA) is 87.7 Å². The number of halogens is 1. The van der Waals surface area contributed by atoms with E-state index in [1.165, 1.54) is 36.0 Å². The van der Waals surface area contributed by atoms with Crippen LogP contribution < -0.4 is 15.6 Å². The summed E-state index contributed by atoms with van der Waals surface area (Å²) in [5.41, 5.74) is 4.52. The van der Waals surface area contributed by atoms with Gasteiger partial charge in [0.05, 0.1) is 5.75 Å². The first-order valence-corrected chi connectivity index (χ1v) is 9.28. The van der Waals surface area contributed by atoms with Crippen LogP contribution in [0.1, 0.15) is 19.3 Å². The molecule has 1 heterocycles. The second-order valence-corrected chi connectivity index (χ2v) is 7.01. The fourth-order valence-corrected chi connectivity index (χ4v) is 3.19. The minimum absolute atomic E-state index is 0.00197. The average molecular weight is 399 g/mol. The van der Waals surface area contributed by atoms with Crippen molar-refractivity contribution in [3.05, 3.63) is 30.1 Å². The van der Waals surface area contributed by atoms with Gasteiger partial charge in [-0.3, -0.25) is 30.1 Å². The van der Waals surface area contributed by atoms with E-state index in [9.17, 15) is 18.8 Å². The number of amides is 3. The van der Waals surface area contributed by atoms with Crippen LogP contribution in [0.5, 0.6) is 5.75 Å². The molecule has 0 aliphatic carbocycles. The summed E-state index contributed by atoms with van der Waals surface area (Å²) in [6.07, 6.45) is 1.41. The molecule has 1 fully saturated rings. The maximum Gasteiger partial charge on any atom is 0.276 e. The summed E-state index contributed by atoms with van der Waals surface area (Å²) >= 11 is 6.41. The van der Waals surface area contributed by atoms with Crippen molar-refractivity contribution in [3.63, 3.8) is 0 Å². The van der Waals surface area contributed by atoms with Gasteiger partial charge in [0.25, 0.3) is 5.91 Å². The molecule has 0 bridgehead atoms. The normalized spacial score (nSPS) is 13.7. The molecule has 140 valence electrons. The molecule has 0 saturated carbocycles. The Bertz CT molecular complexity index is 669. The van der Waals surface area contributed by atoms with E-state index in [1.54, 1.807) is 4.90 Å². The van der Waals surface area contributed by atoms with E-state index in [0.29, 0.717) is 35.2 Å². The van der Waals surface area contributed by atoms with Crippen LogP contribution in [-0.4, -0.2) is 45.8 Å². The average Bonchev–Trinajstić information content (AvgIpc) is 2.94. The van der Waals surface area contributed by atoms with E-state index < -0.39 is 11.7 Å². The van der Waals surface area contributed by atoms with Crippen molar-refractivity contribution in [3.8, 4) is 5.75 Å². The molecule has 3 amide bonds. The van der Waals surface area contributed by atoms with Crippen LogP contribution in [0.15, 0.2) is 24.3 Å². The minimum atomic E-state index is -0.535. The lowest BCUT2D eigenvalue weighted by Gasteiger charge is -2.14. The molecule has 2 N–H and O–H groups in total. The number of thioether (sulfide) groups is 1. The molecule has 0 radical (unpaired) electrons. The maximum absolute atomic E-state index is 12.7. The number of rotatable bonds is 8. The van der Waals surface area contributed by atoms with Crippen LogP contribution in [0.4, 0.5) is 4.39 Å². The summed E-state index contributed by atoms with van der Waals surface area (Å²) in [5.74, 6) is -0.551. The van der Waals surface area contributed by atoms with Crippen LogP contribution in [0.3, 0.4) is 0 Å². The van der Waals surface area contributed by atoms with Crippen molar-refractivity contribution in [1.29, 1.82) is 0 Å². The molecular weight excluding hydrogens is 381 g/mol. The van der Waals surface area contributed by atoms with Crippen LogP contribution in [0, 0.1) is 5.82 Å². The van der Waals surface area contributed by atoms with E-state index in [2.05, 4.69) is 10.9 Å². The third kappa shape index (κ3) is 6.60. The van der Waals surface area contributed by atoms with Crippen molar-refractivity contribution < 1.29 is 23.5 Å².